The number of rotatable bonds is 4. The quantitative estimate of drug-likeness (QED) is 0.636. The van der Waals surface area contributed by atoms with Gasteiger partial charge in [0.25, 0.3) is 0 Å². The monoisotopic (exact) mass is 331 g/mol. The SMILES string of the molecule is C=CCOC(=O)C1CCN(c2ncnc3sc(C)c(C)c23)CC1. The lowest BCUT2D eigenvalue weighted by molar-refractivity contribution is -0.147. The summed E-state index contributed by atoms with van der Waals surface area (Å²) in [6.07, 6.45) is 4.83. The predicted molar refractivity (Wildman–Crippen MR) is 93.0 cm³/mol. The molecule has 1 saturated heterocycles. The number of anilines is 1. The third kappa shape index (κ3) is 3.08. The van der Waals surface area contributed by atoms with E-state index in [0.29, 0.717) is 6.61 Å². The second-order valence-corrected chi connectivity index (χ2v) is 7.04. The van der Waals surface area contributed by atoms with Crippen LogP contribution in [0.3, 0.4) is 0 Å². The third-order valence-electron chi connectivity index (χ3n) is 4.42. The summed E-state index contributed by atoms with van der Waals surface area (Å²) in [6.45, 7) is 9.73. The highest BCUT2D eigenvalue weighted by atomic mass is 32.1. The molecule has 1 fully saturated rings. The van der Waals surface area contributed by atoms with Gasteiger partial charge in [0.15, 0.2) is 0 Å². The van der Waals surface area contributed by atoms with E-state index in [2.05, 4.69) is 35.3 Å². The first-order valence-corrected chi connectivity index (χ1v) is 8.66. The number of carbonyl (C=O) groups excluding carboxylic acids is 1. The van der Waals surface area contributed by atoms with Crippen LogP contribution in [0, 0.1) is 19.8 Å². The number of nitrogens with zero attached hydrogens (tertiary/aromatic N) is 3. The largest absolute Gasteiger partial charge is 0.461 e. The lowest BCUT2D eigenvalue weighted by Gasteiger charge is -2.32. The number of piperidine rings is 1. The molecule has 2 aromatic rings. The van der Waals surface area contributed by atoms with E-state index in [9.17, 15) is 4.79 Å². The highest BCUT2D eigenvalue weighted by Gasteiger charge is 2.28. The average molecular weight is 331 g/mol. The molecule has 23 heavy (non-hydrogen) atoms. The smallest absolute Gasteiger partial charge is 0.309 e. The van der Waals surface area contributed by atoms with Crippen molar-refractivity contribution in [3.63, 3.8) is 0 Å². The first-order valence-electron chi connectivity index (χ1n) is 7.85. The molecule has 0 unspecified atom stereocenters. The van der Waals surface area contributed by atoms with E-state index in [0.717, 1.165) is 42.0 Å². The minimum atomic E-state index is -0.111. The number of fused-ring (bicyclic) bond motifs is 1. The molecule has 122 valence electrons. The Bertz CT molecular complexity index is 733. The molecular weight excluding hydrogens is 310 g/mol. The molecule has 3 heterocycles. The van der Waals surface area contributed by atoms with Crippen molar-refractivity contribution < 1.29 is 9.53 Å². The van der Waals surface area contributed by atoms with Crippen molar-refractivity contribution in [3.05, 3.63) is 29.4 Å². The van der Waals surface area contributed by atoms with Gasteiger partial charge in [0, 0.05) is 18.0 Å². The topological polar surface area (TPSA) is 55.3 Å². The summed E-state index contributed by atoms with van der Waals surface area (Å²) in [4.78, 5) is 25.5. The van der Waals surface area contributed by atoms with Gasteiger partial charge in [-0.1, -0.05) is 12.7 Å². The molecule has 0 bridgehead atoms. The van der Waals surface area contributed by atoms with E-state index in [4.69, 9.17) is 4.74 Å². The molecular formula is C17H21N3O2S. The van der Waals surface area contributed by atoms with Crippen molar-refractivity contribution in [1.82, 2.24) is 9.97 Å². The summed E-state index contributed by atoms with van der Waals surface area (Å²) in [6, 6.07) is 0. The van der Waals surface area contributed by atoms with E-state index in [-0.39, 0.29) is 11.9 Å². The molecule has 0 radical (unpaired) electrons. The Morgan fingerprint density at radius 1 is 1.43 bits per heavy atom. The Labute approximate surface area is 140 Å². The van der Waals surface area contributed by atoms with E-state index in [1.165, 1.54) is 10.4 Å². The fraction of sp³-hybridized carbons (Fsp3) is 0.471. The molecule has 0 N–H and O–H groups in total. The van der Waals surface area contributed by atoms with Crippen molar-refractivity contribution in [2.45, 2.75) is 26.7 Å². The lowest BCUT2D eigenvalue weighted by Crippen LogP contribution is -2.37. The number of aromatic nitrogens is 2. The zero-order valence-electron chi connectivity index (χ0n) is 13.5. The van der Waals surface area contributed by atoms with E-state index < -0.39 is 0 Å². The summed E-state index contributed by atoms with van der Waals surface area (Å²) in [5.41, 5.74) is 1.26. The third-order valence-corrected chi connectivity index (χ3v) is 5.53. The van der Waals surface area contributed by atoms with Gasteiger partial charge in [-0.25, -0.2) is 9.97 Å². The molecule has 3 rings (SSSR count). The minimum Gasteiger partial charge on any atom is -0.461 e. The molecule has 0 amide bonds. The first kappa shape index (κ1) is 15.9. The van der Waals surface area contributed by atoms with Crippen LogP contribution in [0.25, 0.3) is 10.2 Å². The Hall–Kier alpha value is -1.95. The molecule has 2 aromatic heterocycles. The fourth-order valence-corrected chi connectivity index (χ4v) is 3.98. The summed E-state index contributed by atoms with van der Waals surface area (Å²) >= 11 is 1.71. The molecule has 0 atom stereocenters. The fourth-order valence-electron chi connectivity index (χ4n) is 2.99. The maximum Gasteiger partial charge on any atom is 0.309 e. The molecule has 6 heteroatoms. The number of carbonyl (C=O) groups is 1. The van der Waals surface area contributed by atoms with Gasteiger partial charge in [-0.3, -0.25) is 4.79 Å². The maximum absolute atomic E-state index is 12.0. The normalized spacial score (nSPS) is 15.8. The van der Waals surface area contributed by atoms with Crippen LogP contribution >= 0.6 is 11.3 Å². The van der Waals surface area contributed by atoms with Crippen LogP contribution in [0.15, 0.2) is 19.0 Å². The Balaban J connectivity index is 1.75. The van der Waals surface area contributed by atoms with E-state index in [1.807, 2.05) is 0 Å². The number of thiophene rings is 1. The summed E-state index contributed by atoms with van der Waals surface area (Å²) in [7, 11) is 0. The van der Waals surface area contributed by atoms with Crippen LogP contribution < -0.4 is 4.90 Å². The predicted octanol–water partition coefficient (Wildman–Crippen LogP) is 3.25. The zero-order chi connectivity index (χ0) is 16.4. The number of esters is 1. The Morgan fingerprint density at radius 2 is 2.17 bits per heavy atom. The molecule has 1 aliphatic rings. The van der Waals surface area contributed by atoms with Crippen molar-refractivity contribution in [2.75, 3.05) is 24.6 Å². The Morgan fingerprint density at radius 3 is 2.87 bits per heavy atom. The number of hydrogen-bond donors (Lipinski definition) is 0. The van der Waals surface area contributed by atoms with Gasteiger partial charge in [-0.2, -0.15) is 0 Å². The molecule has 0 saturated carbocycles. The second-order valence-electron chi connectivity index (χ2n) is 5.84. The molecule has 0 spiro atoms. The highest BCUT2D eigenvalue weighted by Crippen LogP contribution is 2.35. The zero-order valence-corrected chi connectivity index (χ0v) is 14.4. The van der Waals surface area contributed by atoms with Crippen LogP contribution in [0.2, 0.25) is 0 Å². The first-order chi connectivity index (χ1) is 11.1. The summed E-state index contributed by atoms with van der Waals surface area (Å²) in [5.74, 6) is 0.864. The van der Waals surface area contributed by atoms with Crippen LogP contribution in [-0.2, 0) is 9.53 Å². The second kappa shape index (κ2) is 6.66. The highest BCUT2D eigenvalue weighted by molar-refractivity contribution is 7.18. The van der Waals surface area contributed by atoms with Gasteiger partial charge >= 0.3 is 5.97 Å². The van der Waals surface area contributed by atoms with Gasteiger partial charge in [-0.05, 0) is 32.3 Å². The molecule has 0 aliphatic carbocycles. The molecule has 0 aromatic carbocycles. The molecule has 1 aliphatic heterocycles. The number of hydrogen-bond acceptors (Lipinski definition) is 6. The number of ether oxygens (including phenoxy) is 1. The summed E-state index contributed by atoms with van der Waals surface area (Å²) in [5, 5.41) is 1.16. The van der Waals surface area contributed by atoms with E-state index >= 15 is 0 Å². The van der Waals surface area contributed by atoms with Crippen LogP contribution in [-0.4, -0.2) is 35.6 Å². The molecule has 5 nitrogen and oxygen atoms in total. The van der Waals surface area contributed by atoms with Crippen LogP contribution in [0.5, 0.6) is 0 Å². The number of aryl methyl sites for hydroxylation is 2. The Kier molecular flexibility index (Phi) is 4.61. The van der Waals surface area contributed by atoms with Gasteiger partial charge in [0.2, 0.25) is 0 Å². The van der Waals surface area contributed by atoms with Gasteiger partial charge in [0.1, 0.15) is 23.6 Å². The minimum absolute atomic E-state index is 0.0196. The van der Waals surface area contributed by atoms with Crippen molar-refractivity contribution in [2.24, 2.45) is 5.92 Å². The average Bonchev–Trinajstić information content (AvgIpc) is 2.87. The van der Waals surface area contributed by atoms with Crippen molar-refractivity contribution >= 4 is 33.3 Å². The lowest BCUT2D eigenvalue weighted by atomic mass is 9.97. The van der Waals surface area contributed by atoms with Crippen molar-refractivity contribution in [3.8, 4) is 0 Å². The van der Waals surface area contributed by atoms with Crippen molar-refractivity contribution in [1.29, 1.82) is 0 Å². The maximum atomic E-state index is 12.0. The van der Waals surface area contributed by atoms with Crippen LogP contribution in [0.4, 0.5) is 5.82 Å². The van der Waals surface area contributed by atoms with E-state index in [1.54, 1.807) is 23.7 Å². The van der Waals surface area contributed by atoms with Gasteiger partial charge in [0.05, 0.1) is 11.3 Å². The summed E-state index contributed by atoms with van der Waals surface area (Å²) < 4.78 is 5.16. The van der Waals surface area contributed by atoms with Crippen LogP contribution in [0.1, 0.15) is 23.3 Å². The van der Waals surface area contributed by atoms with Gasteiger partial charge < -0.3 is 9.64 Å². The van der Waals surface area contributed by atoms with Gasteiger partial charge in [-0.15, -0.1) is 11.3 Å². The standard InChI is InChI=1S/C17H21N3O2S/c1-4-9-22-17(21)13-5-7-20(8-6-13)15-14-11(2)12(3)23-16(14)19-10-18-15/h4,10,13H,1,5-9H2,2-3H3.